The Morgan fingerprint density at radius 1 is 0.818 bits per heavy atom. The molecule has 9 nitrogen and oxygen atoms in total. The van der Waals surface area contributed by atoms with Crippen LogP contribution in [0.4, 0.5) is 4.79 Å². The molecule has 2 fully saturated rings. The van der Waals surface area contributed by atoms with Gasteiger partial charge in [0.15, 0.2) is 5.79 Å². The Kier molecular flexibility index (Phi) is 9.35. The average Bonchev–Trinajstić information content (AvgIpc) is 3.35. The van der Waals surface area contributed by atoms with E-state index in [0.717, 1.165) is 34.2 Å². The lowest BCUT2D eigenvalue weighted by molar-refractivity contribution is -0.313. The van der Waals surface area contributed by atoms with Crippen molar-refractivity contribution < 1.29 is 38.1 Å². The topological polar surface area (TPSA) is 109 Å². The zero-order valence-electron chi connectivity index (χ0n) is 24.6. The molecule has 0 aromatic heterocycles. The number of carbonyl (C=O) groups excluding carboxylic acids is 3. The number of alkyl carbamates (subject to hydrolysis) is 1. The number of benzene rings is 3. The molecule has 0 saturated carbocycles. The highest BCUT2D eigenvalue weighted by Gasteiger charge is 2.46. The van der Waals surface area contributed by atoms with Crippen molar-refractivity contribution in [3.05, 3.63) is 95.6 Å². The second-order valence-electron chi connectivity index (χ2n) is 11.6. The minimum atomic E-state index is -1.04. The first-order valence-electron chi connectivity index (χ1n) is 15.2. The van der Waals surface area contributed by atoms with Gasteiger partial charge in [0.2, 0.25) is 0 Å². The van der Waals surface area contributed by atoms with E-state index in [2.05, 4.69) is 17.4 Å². The van der Waals surface area contributed by atoms with Crippen LogP contribution in [0.15, 0.2) is 78.9 Å². The monoisotopic (exact) mass is 599 g/mol. The van der Waals surface area contributed by atoms with Gasteiger partial charge in [-0.3, -0.25) is 9.59 Å². The van der Waals surface area contributed by atoms with E-state index in [1.54, 1.807) is 0 Å². The van der Waals surface area contributed by atoms with Gasteiger partial charge in [-0.2, -0.15) is 0 Å². The number of hydrogen-bond acceptors (Lipinski definition) is 8. The van der Waals surface area contributed by atoms with Crippen molar-refractivity contribution in [2.75, 3.05) is 26.4 Å². The molecule has 0 radical (unpaired) electrons. The Balaban J connectivity index is 0.928. The minimum absolute atomic E-state index is 0.000320. The summed E-state index contributed by atoms with van der Waals surface area (Å²) in [6.45, 7) is 0.548. The fourth-order valence-electron chi connectivity index (χ4n) is 6.37. The van der Waals surface area contributed by atoms with Crippen LogP contribution in [0.3, 0.4) is 0 Å². The van der Waals surface area contributed by atoms with Gasteiger partial charge in [0, 0.05) is 18.8 Å². The van der Waals surface area contributed by atoms with E-state index in [1.165, 1.54) is 0 Å². The molecule has 0 unspecified atom stereocenters. The lowest BCUT2D eigenvalue weighted by atomic mass is 9.92. The lowest BCUT2D eigenvalue weighted by Crippen LogP contribution is -2.52. The number of nitrogens with one attached hydrogen (secondary N) is 1. The molecule has 1 spiro atoms. The highest BCUT2D eigenvalue weighted by Crippen LogP contribution is 2.44. The van der Waals surface area contributed by atoms with E-state index in [-0.39, 0.29) is 50.9 Å². The first kappa shape index (κ1) is 30.0. The van der Waals surface area contributed by atoms with Crippen LogP contribution in [-0.4, -0.2) is 62.2 Å². The summed E-state index contributed by atoms with van der Waals surface area (Å²) in [6.07, 6.45) is 0.957. The quantitative estimate of drug-likeness (QED) is 0.313. The lowest BCUT2D eigenvalue weighted by Gasteiger charge is -2.45. The molecule has 3 aromatic carbocycles. The van der Waals surface area contributed by atoms with Gasteiger partial charge >= 0.3 is 12.1 Å². The number of amides is 1. The molecule has 2 saturated heterocycles. The first-order chi connectivity index (χ1) is 21.5. The molecule has 3 aliphatic rings. The molecule has 2 heterocycles. The summed E-state index contributed by atoms with van der Waals surface area (Å²) < 4.78 is 29.2. The molecule has 3 aromatic rings. The molecule has 9 heteroatoms. The van der Waals surface area contributed by atoms with E-state index in [4.69, 9.17) is 23.7 Å². The molecule has 1 amide bonds. The van der Waals surface area contributed by atoms with Crippen LogP contribution < -0.4 is 5.32 Å². The van der Waals surface area contributed by atoms with Crippen LogP contribution in [0, 0.1) is 0 Å². The standard InChI is InChI=1S/C35H37NO8/c37-25-17-27(21-40-20-24-9-2-1-3-10-24)44-35(18-25)16-8-11-26(43-35)22-41-33(38)19-36-34(39)42-23-32-30-14-6-4-12-28(30)29-13-5-7-15-31(29)32/h1-7,9-10,12-15,26-27,32H,8,11,16-23H2,(H,36,39)/t26-,27-,35-/m0/s1. The summed E-state index contributed by atoms with van der Waals surface area (Å²) in [5.41, 5.74) is 5.56. The summed E-state index contributed by atoms with van der Waals surface area (Å²) in [5, 5.41) is 2.48. The van der Waals surface area contributed by atoms with Crippen LogP contribution in [0.5, 0.6) is 0 Å². The molecular formula is C35H37NO8. The fraction of sp³-hybridized carbons (Fsp3) is 0.400. The van der Waals surface area contributed by atoms with E-state index >= 15 is 0 Å². The molecule has 2 aliphatic heterocycles. The molecule has 6 rings (SSSR count). The van der Waals surface area contributed by atoms with Crippen LogP contribution >= 0.6 is 0 Å². The number of hydrogen-bond donors (Lipinski definition) is 1. The highest BCUT2D eigenvalue weighted by molar-refractivity contribution is 5.81. The Morgan fingerprint density at radius 2 is 1.50 bits per heavy atom. The number of Topliss-reactive ketones (excluding diaryl/α,β-unsaturated/α-hetero) is 1. The highest BCUT2D eigenvalue weighted by atomic mass is 16.7. The van der Waals surface area contributed by atoms with Crippen LogP contribution in [0.1, 0.15) is 54.7 Å². The molecule has 0 bridgehead atoms. The molecule has 1 aliphatic carbocycles. The number of rotatable bonds is 10. The predicted octanol–water partition coefficient (Wildman–Crippen LogP) is 5.30. The van der Waals surface area contributed by atoms with E-state index in [1.807, 2.05) is 66.7 Å². The predicted molar refractivity (Wildman–Crippen MR) is 161 cm³/mol. The summed E-state index contributed by atoms with van der Waals surface area (Å²) >= 11 is 0. The van der Waals surface area contributed by atoms with E-state index < -0.39 is 30.1 Å². The maximum Gasteiger partial charge on any atom is 0.407 e. The van der Waals surface area contributed by atoms with E-state index in [0.29, 0.717) is 19.4 Å². The maximum absolute atomic E-state index is 12.6. The van der Waals surface area contributed by atoms with Crippen molar-refractivity contribution >= 4 is 17.8 Å². The van der Waals surface area contributed by atoms with Crippen molar-refractivity contribution in [3.8, 4) is 11.1 Å². The zero-order chi connectivity index (χ0) is 30.4. The summed E-state index contributed by atoms with van der Waals surface area (Å²) in [4.78, 5) is 37.5. The van der Waals surface area contributed by atoms with Crippen molar-refractivity contribution in [1.82, 2.24) is 5.32 Å². The third-order valence-electron chi connectivity index (χ3n) is 8.33. The van der Waals surface area contributed by atoms with Gasteiger partial charge in [-0.15, -0.1) is 0 Å². The number of esters is 1. The van der Waals surface area contributed by atoms with Crippen LogP contribution in [-0.2, 0) is 39.9 Å². The average molecular weight is 600 g/mol. The largest absolute Gasteiger partial charge is 0.462 e. The van der Waals surface area contributed by atoms with Crippen LogP contribution in [0.2, 0.25) is 0 Å². The van der Waals surface area contributed by atoms with Gasteiger partial charge in [-0.05, 0) is 40.7 Å². The maximum atomic E-state index is 12.6. The van der Waals surface area contributed by atoms with Gasteiger partial charge in [-0.25, -0.2) is 4.79 Å². The van der Waals surface area contributed by atoms with Gasteiger partial charge in [0.1, 0.15) is 25.5 Å². The molecule has 44 heavy (non-hydrogen) atoms. The Bertz CT molecular complexity index is 1430. The zero-order valence-corrected chi connectivity index (χ0v) is 24.6. The van der Waals surface area contributed by atoms with Crippen molar-refractivity contribution in [1.29, 1.82) is 0 Å². The molecule has 1 N–H and O–H groups in total. The van der Waals surface area contributed by atoms with Crippen molar-refractivity contribution in [2.24, 2.45) is 0 Å². The van der Waals surface area contributed by atoms with E-state index in [9.17, 15) is 14.4 Å². The second kappa shape index (κ2) is 13.7. The SMILES string of the molecule is O=C1C[C@@H](COCc2ccccc2)O[C@@]2(CCC[C@@H](COC(=O)CNC(=O)OCC3c4ccccc4-c4ccccc43)O2)C1. The number of fused-ring (bicyclic) bond motifs is 3. The number of ketones is 1. The van der Waals surface area contributed by atoms with Gasteiger partial charge < -0.3 is 29.0 Å². The Morgan fingerprint density at radius 3 is 2.25 bits per heavy atom. The number of carbonyl (C=O) groups is 3. The van der Waals surface area contributed by atoms with Crippen molar-refractivity contribution in [3.63, 3.8) is 0 Å². The number of ether oxygens (including phenoxy) is 5. The van der Waals surface area contributed by atoms with Gasteiger partial charge in [0.25, 0.3) is 0 Å². The summed E-state index contributed by atoms with van der Waals surface area (Å²) in [5.74, 6) is -1.64. The normalized spacial score (nSPS) is 22.7. The van der Waals surface area contributed by atoms with Gasteiger partial charge in [-0.1, -0.05) is 78.9 Å². The summed E-state index contributed by atoms with van der Waals surface area (Å²) in [7, 11) is 0. The Hall–Kier alpha value is -4.05. The first-order valence-corrected chi connectivity index (χ1v) is 15.2. The molecular weight excluding hydrogens is 562 g/mol. The smallest absolute Gasteiger partial charge is 0.407 e. The third kappa shape index (κ3) is 7.18. The fourth-order valence-corrected chi connectivity index (χ4v) is 6.37. The second-order valence-corrected chi connectivity index (χ2v) is 11.6. The summed E-state index contributed by atoms with van der Waals surface area (Å²) in [6, 6.07) is 26.0. The Labute approximate surface area is 256 Å². The van der Waals surface area contributed by atoms with Crippen molar-refractivity contribution in [2.45, 2.75) is 62.6 Å². The van der Waals surface area contributed by atoms with Crippen LogP contribution in [0.25, 0.3) is 11.1 Å². The molecule has 3 atom stereocenters. The van der Waals surface area contributed by atoms with Gasteiger partial charge in [0.05, 0.1) is 31.8 Å². The minimum Gasteiger partial charge on any atom is -0.462 e. The third-order valence-corrected chi connectivity index (χ3v) is 8.33. The molecule has 230 valence electrons.